The third kappa shape index (κ3) is 3.83. The molecule has 0 heterocycles. The van der Waals surface area contributed by atoms with Crippen LogP contribution in [0.4, 0.5) is 0 Å². The first-order valence-electron chi connectivity index (χ1n) is 7.22. The van der Waals surface area contributed by atoms with E-state index in [1.165, 1.54) is 0 Å². The Bertz CT molecular complexity index is 471. The van der Waals surface area contributed by atoms with Crippen LogP contribution in [-0.4, -0.2) is 24.2 Å². The van der Waals surface area contributed by atoms with Crippen LogP contribution in [0.1, 0.15) is 31.7 Å². The van der Waals surface area contributed by atoms with Crippen molar-refractivity contribution in [3.8, 4) is 0 Å². The van der Waals surface area contributed by atoms with Crippen molar-refractivity contribution in [3.63, 3.8) is 0 Å². The molecule has 0 bridgehead atoms. The van der Waals surface area contributed by atoms with Gasteiger partial charge < -0.3 is 10.4 Å². The second kappa shape index (κ2) is 6.72. The Hall–Kier alpha value is -0.870. The van der Waals surface area contributed by atoms with Crippen LogP contribution in [0, 0.1) is 11.3 Å². The molecule has 1 aliphatic carbocycles. The maximum absolute atomic E-state index is 12.3. The predicted octanol–water partition coefficient (Wildman–Crippen LogP) is 2.91. The standard InChI is InChI=1S/C16H22BrNO2/c1-2-12(9-13-5-3-4-6-14(13)17)15(20)18-10-16(11-19)7-8-16/h3-6,12,19H,2,7-11H2,1H3,(H,18,20). The Morgan fingerprint density at radius 1 is 1.45 bits per heavy atom. The molecule has 1 saturated carbocycles. The lowest BCUT2D eigenvalue weighted by Gasteiger charge is -2.18. The third-order valence-electron chi connectivity index (χ3n) is 4.22. The van der Waals surface area contributed by atoms with E-state index in [4.69, 9.17) is 0 Å². The SMILES string of the molecule is CCC(Cc1ccccc1Br)C(=O)NCC1(CO)CC1. The van der Waals surface area contributed by atoms with E-state index in [1.54, 1.807) is 0 Å². The van der Waals surface area contributed by atoms with Gasteiger partial charge in [-0.25, -0.2) is 0 Å². The molecule has 20 heavy (non-hydrogen) atoms. The number of aliphatic hydroxyl groups is 1. The molecular weight excluding hydrogens is 318 g/mol. The van der Waals surface area contributed by atoms with E-state index in [0.29, 0.717) is 6.54 Å². The molecule has 0 aromatic heterocycles. The van der Waals surface area contributed by atoms with Crippen molar-refractivity contribution in [2.45, 2.75) is 32.6 Å². The number of aliphatic hydroxyl groups excluding tert-OH is 1. The Balaban J connectivity index is 1.91. The molecule has 110 valence electrons. The Morgan fingerprint density at radius 3 is 2.70 bits per heavy atom. The predicted molar refractivity (Wildman–Crippen MR) is 83.4 cm³/mol. The summed E-state index contributed by atoms with van der Waals surface area (Å²) in [6.45, 7) is 2.82. The lowest BCUT2D eigenvalue weighted by atomic mass is 9.95. The largest absolute Gasteiger partial charge is 0.396 e. The molecule has 1 unspecified atom stereocenters. The highest BCUT2D eigenvalue weighted by atomic mass is 79.9. The lowest BCUT2D eigenvalue weighted by molar-refractivity contribution is -0.125. The van der Waals surface area contributed by atoms with E-state index in [-0.39, 0.29) is 23.8 Å². The molecule has 1 aliphatic rings. The summed E-state index contributed by atoms with van der Waals surface area (Å²) < 4.78 is 1.06. The van der Waals surface area contributed by atoms with Gasteiger partial charge in [0.1, 0.15) is 0 Å². The van der Waals surface area contributed by atoms with E-state index in [1.807, 2.05) is 25.1 Å². The first-order valence-corrected chi connectivity index (χ1v) is 8.01. The summed E-state index contributed by atoms with van der Waals surface area (Å²) in [7, 11) is 0. The van der Waals surface area contributed by atoms with E-state index >= 15 is 0 Å². The number of hydrogen-bond donors (Lipinski definition) is 2. The van der Waals surface area contributed by atoms with Crippen molar-refractivity contribution in [1.29, 1.82) is 0 Å². The average molecular weight is 340 g/mol. The van der Waals surface area contributed by atoms with Crippen LogP contribution >= 0.6 is 15.9 Å². The number of rotatable bonds is 7. The molecule has 3 nitrogen and oxygen atoms in total. The quantitative estimate of drug-likeness (QED) is 0.802. The molecule has 2 rings (SSSR count). The number of carbonyl (C=O) groups excluding carboxylic acids is 1. The summed E-state index contributed by atoms with van der Waals surface area (Å²) in [4.78, 5) is 12.3. The van der Waals surface area contributed by atoms with Gasteiger partial charge in [-0.15, -0.1) is 0 Å². The van der Waals surface area contributed by atoms with Gasteiger partial charge in [0.2, 0.25) is 5.91 Å². The number of halogens is 1. The Labute approximate surface area is 128 Å². The molecule has 0 spiro atoms. The highest BCUT2D eigenvalue weighted by molar-refractivity contribution is 9.10. The Morgan fingerprint density at radius 2 is 2.15 bits per heavy atom. The van der Waals surface area contributed by atoms with Crippen LogP contribution in [-0.2, 0) is 11.2 Å². The van der Waals surface area contributed by atoms with Gasteiger partial charge in [-0.05, 0) is 37.3 Å². The topological polar surface area (TPSA) is 49.3 Å². The fraction of sp³-hybridized carbons (Fsp3) is 0.562. The zero-order valence-electron chi connectivity index (χ0n) is 11.9. The molecule has 0 saturated heterocycles. The van der Waals surface area contributed by atoms with Gasteiger partial charge in [0, 0.05) is 22.4 Å². The monoisotopic (exact) mass is 339 g/mol. The summed E-state index contributed by atoms with van der Waals surface area (Å²) >= 11 is 3.53. The first-order chi connectivity index (χ1) is 9.60. The molecule has 1 aromatic rings. The summed E-state index contributed by atoms with van der Waals surface area (Å²) in [5, 5.41) is 12.3. The number of nitrogens with one attached hydrogen (secondary N) is 1. The minimum atomic E-state index is -0.0265. The minimum Gasteiger partial charge on any atom is -0.396 e. The third-order valence-corrected chi connectivity index (χ3v) is 4.99. The van der Waals surface area contributed by atoms with E-state index in [9.17, 15) is 9.90 Å². The molecule has 1 amide bonds. The van der Waals surface area contributed by atoms with Crippen molar-refractivity contribution in [1.82, 2.24) is 5.32 Å². The van der Waals surface area contributed by atoms with Crippen molar-refractivity contribution in [2.75, 3.05) is 13.2 Å². The summed E-state index contributed by atoms with van der Waals surface area (Å²) in [6.07, 6.45) is 3.60. The zero-order valence-corrected chi connectivity index (χ0v) is 13.4. The van der Waals surface area contributed by atoms with Gasteiger partial charge in [0.15, 0.2) is 0 Å². The van der Waals surface area contributed by atoms with E-state index in [2.05, 4.69) is 27.3 Å². The highest BCUT2D eigenvalue weighted by Crippen LogP contribution is 2.44. The van der Waals surface area contributed by atoms with Crippen LogP contribution < -0.4 is 5.32 Å². The minimum absolute atomic E-state index is 0.0109. The van der Waals surface area contributed by atoms with Crippen LogP contribution in [0.5, 0.6) is 0 Å². The lowest BCUT2D eigenvalue weighted by Crippen LogP contribution is -2.36. The normalized spacial score (nSPS) is 17.6. The van der Waals surface area contributed by atoms with E-state index < -0.39 is 0 Å². The zero-order chi connectivity index (χ0) is 14.6. The van der Waals surface area contributed by atoms with Gasteiger partial charge >= 0.3 is 0 Å². The van der Waals surface area contributed by atoms with Crippen molar-refractivity contribution in [2.24, 2.45) is 11.3 Å². The summed E-state index contributed by atoms with van der Waals surface area (Å²) in [5.74, 6) is 0.0890. The highest BCUT2D eigenvalue weighted by Gasteiger charge is 2.42. The maximum atomic E-state index is 12.3. The van der Waals surface area contributed by atoms with Gasteiger partial charge in [-0.2, -0.15) is 0 Å². The number of amides is 1. The fourth-order valence-corrected chi connectivity index (χ4v) is 2.78. The number of benzene rings is 1. The second-order valence-corrected chi connectivity index (χ2v) is 6.63. The number of carbonyl (C=O) groups is 1. The number of hydrogen-bond acceptors (Lipinski definition) is 2. The maximum Gasteiger partial charge on any atom is 0.223 e. The van der Waals surface area contributed by atoms with Crippen LogP contribution in [0.25, 0.3) is 0 Å². The first kappa shape index (κ1) is 15.5. The smallest absolute Gasteiger partial charge is 0.223 e. The van der Waals surface area contributed by atoms with Crippen molar-refractivity contribution >= 4 is 21.8 Å². The molecule has 0 aliphatic heterocycles. The van der Waals surface area contributed by atoms with Gasteiger partial charge in [-0.3, -0.25) is 4.79 Å². The van der Waals surface area contributed by atoms with Gasteiger partial charge in [0.25, 0.3) is 0 Å². The van der Waals surface area contributed by atoms with E-state index in [0.717, 1.165) is 35.7 Å². The summed E-state index contributed by atoms with van der Waals surface area (Å²) in [5.41, 5.74) is 1.14. The van der Waals surface area contributed by atoms with Crippen LogP contribution in [0.3, 0.4) is 0 Å². The molecule has 1 atom stereocenters. The van der Waals surface area contributed by atoms with Crippen molar-refractivity contribution in [3.05, 3.63) is 34.3 Å². The van der Waals surface area contributed by atoms with Crippen LogP contribution in [0.2, 0.25) is 0 Å². The average Bonchev–Trinajstić information content (AvgIpc) is 3.24. The molecule has 0 radical (unpaired) electrons. The fourth-order valence-electron chi connectivity index (χ4n) is 2.34. The molecule has 1 fully saturated rings. The van der Waals surface area contributed by atoms with Gasteiger partial charge in [-0.1, -0.05) is 41.1 Å². The Kier molecular flexibility index (Phi) is 5.22. The second-order valence-electron chi connectivity index (χ2n) is 5.78. The van der Waals surface area contributed by atoms with Crippen molar-refractivity contribution < 1.29 is 9.90 Å². The van der Waals surface area contributed by atoms with Gasteiger partial charge in [0.05, 0.1) is 6.61 Å². The van der Waals surface area contributed by atoms with Crippen LogP contribution in [0.15, 0.2) is 28.7 Å². The molecule has 1 aromatic carbocycles. The molecule has 2 N–H and O–H groups in total. The molecular formula is C16H22BrNO2. The summed E-state index contributed by atoms with van der Waals surface area (Å²) in [6, 6.07) is 8.03. The molecule has 4 heteroatoms.